The standard InChI is InChI=1S/C13H16IN5S/c1-18(11-5-8-4-10(11)15-6-8)12-9-2-3-19(20-14)13(9)17-7-16-12/h2-3,7-8,10-11,15H,4-6H2,1H3. The molecule has 20 heavy (non-hydrogen) atoms. The summed E-state index contributed by atoms with van der Waals surface area (Å²) in [6, 6.07) is 3.30. The van der Waals surface area contributed by atoms with Crippen molar-refractivity contribution in [2.45, 2.75) is 24.9 Å². The molecule has 0 radical (unpaired) electrons. The van der Waals surface area contributed by atoms with Crippen molar-refractivity contribution < 1.29 is 0 Å². The number of anilines is 1. The number of halogens is 1. The summed E-state index contributed by atoms with van der Waals surface area (Å²) in [6.07, 6.45) is 6.33. The fourth-order valence-corrected chi connectivity index (χ4v) is 4.93. The second-order valence-electron chi connectivity index (χ2n) is 5.68. The third kappa shape index (κ3) is 1.93. The maximum Gasteiger partial charge on any atom is 0.156 e. The molecule has 1 saturated heterocycles. The molecule has 4 rings (SSSR count). The third-order valence-electron chi connectivity index (χ3n) is 4.63. The van der Waals surface area contributed by atoms with Crippen molar-refractivity contribution in [2.75, 3.05) is 18.5 Å². The molecule has 0 aromatic carbocycles. The van der Waals surface area contributed by atoms with Gasteiger partial charge in [0.1, 0.15) is 12.1 Å². The SMILES string of the molecule is CN(c1ncnc2c1ccn2SI)C1CC2CNC1C2. The summed E-state index contributed by atoms with van der Waals surface area (Å²) in [5, 5.41) is 4.77. The molecule has 2 fully saturated rings. The van der Waals surface area contributed by atoms with Crippen LogP contribution in [0.4, 0.5) is 5.82 Å². The van der Waals surface area contributed by atoms with Crippen LogP contribution in [-0.2, 0) is 0 Å². The monoisotopic (exact) mass is 401 g/mol. The molecule has 3 atom stereocenters. The molecule has 1 aliphatic heterocycles. The van der Waals surface area contributed by atoms with Crippen LogP contribution in [0.2, 0.25) is 0 Å². The largest absolute Gasteiger partial charge is 0.354 e. The van der Waals surface area contributed by atoms with E-state index in [1.807, 2.05) is 0 Å². The molecule has 1 N–H and O–H groups in total. The fraction of sp³-hybridized carbons (Fsp3) is 0.538. The van der Waals surface area contributed by atoms with Crippen molar-refractivity contribution in [1.82, 2.24) is 19.3 Å². The zero-order valence-electron chi connectivity index (χ0n) is 11.2. The molecule has 7 heteroatoms. The minimum Gasteiger partial charge on any atom is -0.354 e. The smallest absolute Gasteiger partial charge is 0.156 e. The summed E-state index contributed by atoms with van der Waals surface area (Å²) >= 11 is 2.28. The first kappa shape index (κ1) is 13.1. The molecular weight excluding hydrogens is 385 g/mol. The highest BCUT2D eigenvalue weighted by Crippen LogP contribution is 2.37. The second kappa shape index (κ2) is 5.03. The van der Waals surface area contributed by atoms with Gasteiger partial charge >= 0.3 is 0 Å². The Hall–Kier alpha value is -0.540. The summed E-state index contributed by atoms with van der Waals surface area (Å²) in [4.78, 5) is 11.3. The van der Waals surface area contributed by atoms with Gasteiger partial charge in [-0.15, -0.1) is 0 Å². The summed E-state index contributed by atoms with van der Waals surface area (Å²) in [7, 11) is 3.81. The second-order valence-corrected chi connectivity index (χ2v) is 7.39. The molecule has 5 nitrogen and oxygen atoms in total. The first-order valence-corrected chi connectivity index (χ1v) is 10.2. The molecule has 1 saturated carbocycles. The zero-order chi connectivity index (χ0) is 13.7. The summed E-state index contributed by atoms with van der Waals surface area (Å²) in [5.41, 5.74) is 0.998. The Morgan fingerprint density at radius 1 is 1.45 bits per heavy atom. The van der Waals surface area contributed by atoms with Gasteiger partial charge in [0, 0.05) is 55.7 Å². The van der Waals surface area contributed by atoms with E-state index in [0.29, 0.717) is 12.1 Å². The Morgan fingerprint density at radius 2 is 2.35 bits per heavy atom. The van der Waals surface area contributed by atoms with Crippen LogP contribution in [0.5, 0.6) is 0 Å². The van der Waals surface area contributed by atoms with Crippen molar-refractivity contribution in [3.8, 4) is 0 Å². The van der Waals surface area contributed by atoms with Crippen molar-refractivity contribution in [2.24, 2.45) is 5.92 Å². The number of nitrogens with one attached hydrogen (secondary N) is 1. The van der Waals surface area contributed by atoms with Gasteiger partial charge < -0.3 is 10.2 Å². The molecule has 2 aromatic heterocycles. The van der Waals surface area contributed by atoms with Crippen LogP contribution in [0.3, 0.4) is 0 Å². The summed E-state index contributed by atoms with van der Waals surface area (Å²) in [6.45, 7) is 1.19. The highest BCUT2D eigenvalue weighted by atomic mass is 127. The van der Waals surface area contributed by atoms with Crippen LogP contribution >= 0.6 is 30.3 Å². The minimum absolute atomic E-state index is 0.558. The van der Waals surface area contributed by atoms with E-state index in [0.717, 1.165) is 22.8 Å². The lowest BCUT2D eigenvalue weighted by molar-refractivity contribution is 0.432. The number of likely N-dealkylation sites (N-methyl/N-ethyl adjacent to an activating group) is 1. The molecule has 0 amide bonds. The molecule has 0 spiro atoms. The maximum absolute atomic E-state index is 4.54. The Kier molecular flexibility index (Phi) is 3.30. The molecule has 2 aromatic rings. The lowest BCUT2D eigenvalue weighted by atomic mass is 10.1. The quantitative estimate of drug-likeness (QED) is 0.801. The maximum atomic E-state index is 4.54. The van der Waals surface area contributed by atoms with E-state index >= 15 is 0 Å². The van der Waals surface area contributed by atoms with Gasteiger partial charge in [-0.05, 0) is 31.4 Å². The number of fused-ring (bicyclic) bond motifs is 3. The molecule has 1 aliphatic carbocycles. The van der Waals surface area contributed by atoms with Crippen molar-refractivity contribution in [3.63, 3.8) is 0 Å². The number of rotatable bonds is 3. The van der Waals surface area contributed by atoms with E-state index in [1.165, 1.54) is 19.4 Å². The summed E-state index contributed by atoms with van der Waals surface area (Å²) < 4.78 is 2.08. The highest BCUT2D eigenvalue weighted by molar-refractivity contribution is 14.2. The van der Waals surface area contributed by atoms with Gasteiger partial charge in [0.2, 0.25) is 0 Å². The topological polar surface area (TPSA) is 46.0 Å². The number of aromatic nitrogens is 3. The lowest BCUT2D eigenvalue weighted by Crippen LogP contribution is -2.47. The van der Waals surface area contributed by atoms with Crippen molar-refractivity contribution in [3.05, 3.63) is 18.6 Å². The fourth-order valence-electron chi connectivity index (χ4n) is 3.66. The molecule has 106 valence electrons. The Labute approximate surface area is 134 Å². The van der Waals surface area contributed by atoms with E-state index in [2.05, 4.69) is 64.7 Å². The first-order valence-electron chi connectivity index (χ1n) is 6.85. The normalized spacial score (nSPS) is 28.4. The summed E-state index contributed by atoms with van der Waals surface area (Å²) in [5.74, 6) is 1.90. The van der Waals surface area contributed by atoms with E-state index in [-0.39, 0.29) is 0 Å². The molecular formula is C13H16IN5S. The predicted octanol–water partition coefficient (Wildman–Crippen LogP) is 2.46. The zero-order valence-corrected chi connectivity index (χ0v) is 14.1. The number of nitrogens with zero attached hydrogens (tertiary/aromatic N) is 4. The van der Waals surface area contributed by atoms with Gasteiger partial charge in [0.15, 0.2) is 5.65 Å². The Bertz CT molecular complexity index is 645. The average Bonchev–Trinajstić information content (AvgIpc) is 3.20. The number of hydrogen-bond acceptors (Lipinski definition) is 5. The Morgan fingerprint density at radius 3 is 3.05 bits per heavy atom. The number of hydrogen-bond donors (Lipinski definition) is 1. The van der Waals surface area contributed by atoms with Crippen LogP contribution < -0.4 is 10.2 Å². The molecule has 2 aliphatic rings. The first-order chi connectivity index (χ1) is 9.78. The highest BCUT2D eigenvalue weighted by Gasteiger charge is 2.41. The van der Waals surface area contributed by atoms with E-state index < -0.39 is 0 Å². The van der Waals surface area contributed by atoms with Gasteiger partial charge in [-0.25, -0.2) is 9.97 Å². The Balaban J connectivity index is 1.72. The minimum atomic E-state index is 0.558. The van der Waals surface area contributed by atoms with Gasteiger partial charge in [-0.2, -0.15) is 0 Å². The predicted molar refractivity (Wildman–Crippen MR) is 91.2 cm³/mol. The third-order valence-corrected chi connectivity index (χ3v) is 6.34. The van der Waals surface area contributed by atoms with E-state index in [9.17, 15) is 0 Å². The number of piperidine rings is 1. The van der Waals surface area contributed by atoms with Gasteiger partial charge in [0.05, 0.1) is 5.39 Å². The van der Waals surface area contributed by atoms with Crippen LogP contribution in [0, 0.1) is 5.92 Å². The molecule has 3 heterocycles. The van der Waals surface area contributed by atoms with Gasteiger partial charge in [-0.1, -0.05) is 0 Å². The van der Waals surface area contributed by atoms with Gasteiger partial charge in [0.25, 0.3) is 0 Å². The van der Waals surface area contributed by atoms with E-state index in [4.69, 9.17) is 0 Å². The van der Waals surface area contributed by atoms with Crippen LogP contribution in [0.15, 0.2) is 18.6 Å². The average molecular weight is 401 g/mol. The van der Waals surface area contributed by atoms with Crippen LogP contribution in [0.25, 0.3) is 11.0 Å². The van der Waals surface area contributed by atoms with Gasteiger partial charge in [-0.3, -0.25) is 3.97 Å². The van der Waals surface area contributed by atoms with E-state index in [1.54, 1.807) is 15.4 Å². The van der Waals surface area contributed by atoms with Crippen molar-refractivity contribution >= 4 is 47.2 Å². The van der Waals surface area contributed by atoms with Crippen LogP contribution in [-0.4, -0.2) is 39.6 Å². The van der Waals surface area contributed by atoms with Crippen molar-refractivity contribution in [1.29, 1.82) is 0 Å². The van der Waals surface area contributed by atoms with Crippen LogP contribution in [0.1, 0.15) is 12.8 Å². The molecule has 2 bridgehead atoms. The lowest BCUT2D eigenvalue weighted by Gasteiger charge is -2.33. The molecule has 3 unspecified atom stereocenters.